The lowest BCUT2D eigenvalue weighted by Crippen LogP contribution is -2.41. The summed E-state index contributed by atoms with van der Waals surface area (Å²) in [6, 6.07) is 18.9. The van der Waals surface area contributed by atoms with E-state index >= 15 is 4.39 Å². The van der Waals surface area contributed by atoms with Crippen LogP contribution in [0.3, 0.4) is 0 Å². The first-order valence-electron chi connectivity index (χ1n) is 20.4. The summed E-state index contributed by atoms with van der Waals surface area (Å²) < 4.78 is 31.8. The minimum Gasteiger partial charge on any atom is -0.488 e. The van der Waals surface area contributed by atoms with Gasteiger partial charge in [-0.3, -0.25) is 9.59 Å². The van der Waals surface area contributed by atoms with E-state index in [-0.39, 0.29) is 58.9 Å². The number of nitriles is 1. The summed E-state index contributed by atoms with van der Waals surface area (Å²) in [5.74, 6) is 0.538. The molecule has 5 unspecified atom stereocenters. The highest BCUT2D eigenvalue weighted by Crippen LogP contribution is 2.51. The number of carbonyl (C=O) groups is 2. The van der Waals surface area contributed by atoms with Gasteiger partial charge in [-0.05, 0) is 80.5 Å². The first-order chi connectivity index (χ1) is 28.2. The van der Waals surface area contributed by atoms with Gasteiger partial charge in [-0.2, -0.15) is 5.26 Å². The zero-order chi connectivity index (χ0) is 39.8. The molecule has 11 rings (SSSR count). The summed E-state index contributed by atoms with van der Waals surface area (Å²) in [5.41, 5.74) is 4.77. The Kier molecular flexibility index (Phi) is 9.59. The fourth-order valence-corrected chi connectivity index (χ4v) is 10.3. The van der Waals surface area contributed by atoms with Gasteiger partial charge < -0.3 is 29.2 Å². The maximum Gasteiger partial charge on any atom is 0.254 e. The van der Waals surface area contributed by atoms with Crippen molar-refractivity contribution in [1.29, 1.82) is 5.26 Å². The van der Waals surface area contributed by atoms with Gasteiger partial charge in [0.25, 0.3) is 5.91 Å². The van der Waals surface area contributed by atoms with Crippen LogP contribution in [0, 0.1) is 35.9 Å². The molecule has 13 heteroatoms. The minimum atomic E-state index is -0.502. The minimum absolute atomic E-state index is 0.00661. The van der Waals surface area contributed by atoms with Crippen LogP contribution >= 0.6 is 23.2 Å². The second-order valence-electron chi connectivity index (χ2n) is 16.5. The van der Waals surface area contributed by atoms with Crippen LogP contribution in [0.15, 0.2) is 54.6 Å². The van der Waals surface area contributed by atoms with Crippen LogP contribution in [0.1, 0.15) is 71.5 Å². The molecule has 6 fully saturated rings. The third-order valence-electron chi connectivity index (χ3n) is 12.9. The maximum absolute atomic E-state index is 17.3. The Morgan fingerprint density at radius 2 is 1.88 bits per heavy atom. The van der Waals surface area contributed by atoms with Gasteiger partial charge in [0.2, 0.25) is 5.91 Å². The molecule has 0 radical (unpaired) electrons. The molecule has 2 amide bonds. The van der Waals surface area contributed by atoms with E-state index in [1.165, 1.54) is 0 Å². The van der Waals surface area contributed by atoms with E-state index in [0.29, 0.717) is 95.7 Å². The normalized spacial score (nSPS) is 24.0. The number of halogens is 3. The molecule has 2 saturated carbocycles. The van der Waals surface area contributed by atoms with E-state index in [2.05, 4.69) is 22.0 Å². The third kappa shape index (κ3) is 6.31. The Bertz CT molecular complexity index is 2530. The second-order valence-corrected chi connectivity index (χ2v) is 17.3. The van der Waals surface area contributed by atoms with Crippen molar-refractivity contribution in [3.8, 4) is 22.9 Å². The molecule has 6 heterocycles. The molecule has 4 saturated heterocycles. The molecule has 2 aliphatic carbocycles. The van der Waals surface area contributed by atoms with Crippen LogP contribution in [0.25, 0.3) is 32.9 Å². The number of morpholine rings is 1. The number of aryl methyl sites for hydroxylation is 2. The van der Waals surface area contributed by atoms with E-state index in [0.717, 1.165) is 42.4 Å². The van der Waals surface area contributed by atoms with Crippen molar-refractivity contribution < 1.29 is 23.5 Å². The van der Waals surface area contributed by atoms with Crippen LogP contribution in [0.4, 0.5) is 4.39 Å². The van der Waals surface area contributed by atoms with E-state index in [9.17, 15) is 14.9 Å². The molecular formula is C45H43Cl2FN6O4. The molecule has 0 spiro atoms. The maximum atomic E-state index is 17.3. The number of rotatable bonds is 9. The van der Waals surface area contributed by atoms with Crippen LogP contribution < -0.4 is 10.1 Å². The highest BCUT2D eigenvalue weighted by atomic mass is 35.5. The molecule has 58 heavy (non-hydrogen) atoms. The Morgan fingerprint density at radius 1 is 1.07 bits per heavy atom. The molecule has 3 aromatic carbocycles. The van der Waals surface area contributed by atoms with Crippen molar-refractivity contribution in [2.24, 2.45) is 11.8 Å². The van der Waals surface area contributed by atoms with E-state index in [4.69, 9.17) is 37.7 Å². The summed E-state index contributed by atoms with van der Waals surface area (Å²) >= 11 is 13.2. The van der Waals surface area contributed by atoms with Crippen LogP contribution in [-0.4, -0.2) is 82.7 Å². The van der Waals surface area contributed by atoms with Gasteiger partial charge in [0, 0.05) is 83.3 Å². The number of fused-ring (bicyclic) bond motifs is 4. The van der Waals surface area contributed by atoms with Crippen molar-refractivity contribution in [2.45, 2.75) is 69.7 Å². The number of benzene rings is 3. The third-order valence-corrected chi connectivity index (χ3v) is 13.7. The molecule has 4 aliphatic heterocycles. The summed E-state index contributed by atoms with van der Waals surface area (Å²) in [5, 5.41) is 15.5. The number of hydrogen-bond donors (Lipinski definition) is 1. The van der Waals surface area contributed by atoms with E-state index in [1.54, 1.807) is 29.2 Å². The molecule has 2 bridgehead atoms. The first kappa shape index (κ1) is 37.5. The standard InChI is InChI=1S/C45H43Cl2FN6O4/c1-24-32-21-37(36-20-30(23-53(36)45(56)25-10-11-25)58-29-7-2-5-27(17-29)44(55)52-13-15-57-16-14-52)54(42-28-19-35(42)50-22-28)43(32)33-18-26(6-4-12-49)38(40(48)41(33)51-24)31-8-3-9-34(46)39(31)47/h2-3,5,7-9,17-18,21,25,28,30,35-36,42,50H,4,6,10-11,13-16,19-20,22-23H2,1H3. The first-order valence-corrected chi connectivity index (χ1v) is 21.1. The summed E-state index contributed by atoms with van der Waals surface area (Å²) in [6.07, 6.45) is 3.52. The quantitative estimate of drug-likeness (QED) is 0.160. The lowest BCUT2D eigenvalue weighted by atomic mass is 9.79. The van der Waals surface area contributed by atoms with Gasteiger partial charge in [0.05, 0.1) is 53.5 Å². The SMILES string of the molecule is Cc1nc2c(F)c(-c3cccc(Cl)c3Cl)c(CCC#N)cc2c2c1cc(C1CC(Oc3cccc(C(=O)N4CCOCC4)c3)CN1C(=O)C1CC1)n2C1C2CNC1C2. The van der Waals surface area contributed by atoms with Gasteiger partial charge in [-0.15, -0.1) is 0 Å². The highest BCUT2D eigenvalue weighted by molar-refractivity contribution is 6.43. The number of ether oxygens (including phenoxy) is 2. The number of nitrogens with one attached hydrogen (secondary N) is 1. The van der Waals surface area contributed by atoms with Gasteiger partial charge in [-0.25, -0.2) is 9.37 Å². The zero-order valence-electron chi connectivity index (χ0n) is 32.1. The predicted octanol–water partition coefficient (Wildman–Crippen LogP) is 8.20. The number of amides is 2. The zero-order valence-corrected chi connectivity index (χ0v) is 33.7. The van der Waals surface area contributed by atoms with Gasteiger partial charge in [0.15, 0.2) is 5.82 Å². The average Bonchev–Trinajstić information content (AvgIpc) is 3.50. The van der Waals surface area contributed by atoms with Gasteiger partial charge in [0.1, 0.15) is 17.4 Å². The Balaban J connectivity index is 1.10. The fraction of sp³-hybridized carbons (Fsp3) is 0.422. The van der Waals surface area contributed by atoms with E-state index < -0.39 is 5.82 Å². The molecule has 1 N–H and O–H groups in total. The number of pyridine rings is 1. The highest BCUT2D eigenvalue weighted by Gasteiger charge is 2.51. The molecule has 298 valence electrons. The largest absolute Gasteiger partial charge is 0.488 e. The summed E-state index contributed by atoms with van der Waals surface area (Å²) in [4.78, 5) is 36.3. The fourth-order valence-electron chi connectivity index (χ4n) is 9.91. The number of likely N-dealkylation sites (tertiary alicyclic amines) is 1. The lowest BCUT2D eigenvalue weighted by molar-refractivity contribution is -0.133. The Labute approximate surface area is 345 Å². The second kappa shape index (κ2) is 14.8. The number of aromatic nitrogens is 2. The van der Waals surface area contributed by atoms with Crippen molar-refractivity contribution in [2.75, 3.05) is 39.4 Å². The molecular weight excluding hydrogens is 778 g/mol. The van der Waals surface area contributed by atoms with Gasteiger partial charge in [-0.1, -0.05) is 41.4 Å². The smallest absolute Gasteiger partial charge is 0.254 e. The van der Waals surface area contributed by atoms with Crippen LogP contribution in [0.2, 0.25) is 10.0 Å². The molecule has 2 aromatic heterocycles. The monoisotopic (exact) mass is 820 g/mol. The number of nitrogens with zero attached hydrogens (tertiary/aromatic N) is 5. The average molecular weight is 822 g/mol. The summed E-state index contributed by atoms with van der Waals surface area (Å²) in [6.45, 7) is 5.35. The molecule has 10 nitrogen and oxygen atoms in total. The lowest BCUT2D eigenvalue weighted by Gasteiger charge is -2.39. The molecule has 5 aromatic rings. The van der Waals surface area contributed by atoms with Crippen LogP contribution in [0.5, 0.6) is 5.75 Å². The molecule has 6 aliphatic rings. The molecule has 5 atom stereocenters. The van der Waals surface area contributed by atoms with Crippen molar-refractivity contribution in [3.05, 3.63) is 93.0 Å². The Hall–Kier alpha value is -4.73. The van der Waals surface area contributed by atoms with Gasteiger partial charge >= 0.3 is 0 Å². The topological polar surface area (TPSA) is 113 Å². The number of carbonyl (C=O) groups excluding carboxylic acids is 2. The van der Waals surface area contributed by atoms with Crippen molar-refractivity contribution in [3.63, 3.8) is 0 Å². The van der Waals surface area contributed by atoms with E-state index in [1.807, 2.05) is 36.1 Å². The summed E-state index contributed by atoms with van der Waals surface area (Å²) in [7, 11) is 0. The number of hydrogen-bond acceptors (Lipinski definition) is 7. The predicted molar refractivity (Wildman–Crippen MR) is 220 cm³/mol. The van der Waals surface area contributed by atoms with Crippen LogP contribution in [-0.2, 0) is 16.0 Å². The van der Waals surface area contributed by atoms with Crippen molar-refractivity contribution in [1.82, 2.24) is 24.7 Å². The Morgan fingerprint density at radius 3 is 2.62 bits per heavy atom. The van der Waals surface area contributed by atoms with Crippen molar-refractivity contribution >= 4 is 56.8 Å².